The second-order valence-corrected chi connectivity index (χ2v) is 6.88. The highest BCUT2D eigenvalue weighted by Gasteiger charge is 2.37. The summed E-state index contributed by atoms with van der Waals surface area (Å²) in [5, 5.41) is 13.6. The Bertz CT molecular complexity index is 1110. The van der Waals surface area contributed by atoms with Gasteiger partial charge in [-0.25, -0.2) is 9.69 Å². The summed E-state index contributed by atoms with van der Waals surface area (Å²) in [5.41, 5.74) is -0.719. The monoisotopic (exact) mass is 475 g/mol. The molecule has 154 valence electrons. The number of nitro benzene ring substituents is 1. The number of urea groups is 1. The zero-order valence-corrected chi connectivity index (χ0v) is 17.3. The molecule has 2 aromatic carbocycles. The van der Waals surface area contributed by atoms with Gasteiger partial charge in [-0.3, -0.25) is 25.0 Å². The molecule has 0 aliphatic carbocycles. The quantitative estimate of drug-likeness (QED) is 0.304. The van der Waals surface area contributed by atoms with Gasteiger partial charge >= 0.3 is 6.03 Å². The molecule has 0 spiro atoms. The highest BCUT2D eigenvalue weighted by atomic mass is 79.9. The van der Waals surface area contributed by atoms with Gasteiger partial charge in [0.1, 0.15) is 5.57 Å². The summed E-state index contributed by atoms with van der Waals surface area (Å²) >= 11 is 3.25. The summed E-state index contributed by atoms with van der Waals surface area (Å²) in [6, 6.07) is 7.79. The predicted octanol–water partition coefficient (Wildman–Crippen LogP) is 3.04. The van der Waals surface area contributed by atoms with Crippen LogP contribution in [0.1, 0.15) is 5.56 Å². The second-order valence-electron chi connectivity index (χ2n) is 5.96. The van der Waals surface area contributed by atoms with E-state index in [-0.39, 0.29) is 22.7 Å². The van der Waals surface area contributed by atoms with E-state index in [1.165, 1.54) is 32.4 Å². The van der Waals surface area contributed by atoms with Crippen molar-refractivity contribution >= 4 is 51.2 Å². The number of ether oxygens (including phenoxy) is 2. The molecule has 4 amide bonds. The van der Waals surface area contributed by atoms with Gasteiger partial charge < -0.3 is 9.47 Å². The fraction of sp³-hybridized carbons (Fsp3) is 0.105. The van der Waals surface area contributed by atoms with Crippen LogP contribution in [0, 0.1) is 10.1 Å². The molecule has 0 radical (unpaired) electrons. The number of benzene rings is 2. The third kappa shape index (κ3) is 3.87. The number of carbonyl (C=O) groups is 3. The standard InChI is InChI=1S/C19H14BrN3O7/c1-29-15-7-10(14(23(27)28)9-16(15)30-2)6-13-17(24)21-19(26)22(18(13)25)12-5-3-4-11(20)8-12/h3-9H,1-2H3,(H,21,24,26)/b13-6-. The topological polar surface area (TPSA) is 128 Å². The zero-order chi connectivity index (χ0) is 22.0. The molecule has 0 atom stereocenters. The molecule has 2 aromatic rings. The number of methoxy groups -OCH3 is 2. The second kappa shape index (κ2) is 8.33. The minimum absolute atomic E-state index is 0.0697. The Morgan fingerprint density at radius 3 is 2.37 bits per heavy atom. The third-order valence-corrected chi connectivity index (χ3v) is 4.69. The van der Waals surface area contributed by atoms with Gasteiger partial charge in [-0.05, 0) is 30.3 Å². The van der Waals surface area contributed by atoms with Crippen LogP contribution >= 0.6 is 15.9 Å². The molecular formula is C19H14BrN3O7. The van der Waals surface area contributed by atoms with Crippen molar-refractivity contribution < 1.29 is 28.8 Å². The zero-order valence-electron chi connectivity index (χ0n) is 15.7. The van der Waals surface area contributed by atoms with E-state index < -0.39 is 34.0 Å². The fourth-order valence-electron chi connectivity index (χ4n) is 2.82. The Kier molecular flexibility index (Phi) is 5.83. The van der Waals surface area contributed by atoms with Crippen molar-refractivity contribution in [2.24, 2.45) is 0 Å². The summed E-state index contributed by atoms with van der Waals surface area (Å²) in [4.78, 5) is 49.1. The molecule has 0 bridgehead atoms. The summed E-state index contributed by atoms with van der Waals surface area (Å²) in [5.74, 6) is -1.62. The maximum Gasteiger partial charge on any atom is 0.335 e. The van der Waals surface area contributed by atoms with E-state index in [9.17, 15) is 24.5 Å². The van der Waals surface area contributed by atoms with Crippen molar-refractivity contribution in [3.05, 3.63) is 62.1 Å². The Morgan fingerprint density at radius 2 is 1.77 bits per heavy atom. The highest BCUT2D eigenvalue weighted by molar-refractivity contribution is 9.10. The molecule has 0 aromatic heterocycles. The first-order valence-corrected chi connectivity index (χ1v) is 9.13. The molecule has 1 fully saturated rings. The van der Waals surface area contributed by atoms with Crippen molar-refractivity contribution in [2.75, 3.05) is 19.1 Å². The molecule has 11 heteroatoms. The smallest absolute Gasteiger partial charge is 0.335 e. The van der Waals surface area contributed by atoms with Crippen molar-refractivity contribution in [3.63, 3.8) is 0 Å². The van der Waals surface area contributed by atoms with Crippen LogP contribution in [-0.4, -0.2) is 37.0 Å². The number of nitrogens with one attached hydrogen (secondary N) is 1. The number of rotatable bonds is 5. The van der Waals surface area contributed by atoms with Gasteiger partial charge in [0.25, 0.3) is 17.5 Å². The minimum Gasteiger partial charge on any atom is -0.493 e. The van der Waals surface area contributed by atoms with Gasteiger partial charge in [0, 0.05) is 4.47 Å². The van der Waals surface area contributed by atoms with Crippen molar-refractivity contribution in [3.8, 4) is 11.5 Å². The number of amides is 4. The van der Waals surface area contributed by atoms with Crippen LogP contribution in [0.15, 0.2) is 46.4 Å². The predicted molar refractivity (Wildman–Crippen MR) is 109 cm³/mol. The summed E-state index contributed by atoms with van der Waals surface area (Å²) in [6.45, 7) is 0. The van der Waals surface area contributed by atoms with Crippen LogP contribution in [0.25, 0.3) is 6.08 Å². The van der Waals surface area contributed by atoms with Crippen LogP contribution < -0.4 is 19.7 Å². The average Bonchev–Trinajstić information content (AvgIpc) is 2.70. The Hall–Kier alpha value is -3.73. The number of hydrogen-bond acceptors (Lipinski definition) is 7. The normalized spacial score (nSPS) is 15.2. The molecular weight excluding hydrogens is 462 g/mol. The minimum atomic E-state index is -0.972. The maximum absolute atomic E-state index is 13.0. The van der Waals surface area contributed by atoms with Gasteiger partial charge in [0.15, 0.2) is 11.5 Å². The molecule has 0 saturated carbocycles. The lowest BCUT2D eigenvalue weighted by molar-refractivity contribution is -0.385. The van der Waals surface area contributed by atoms with Crippen LogP contribution in [0.2, 0.25) is 0 Å². The van der Waals surface area contributed by atoms with E-state index in [2.05, 4.69) is 21.2 Å². The highest BCUT2D eigenvalue weighted by Crippen LogP contribution is 2.36. The Morgan fingerprint density at radius 1 is 1.10 bits per heavy atom. The van der Waals surface area contributed by atoms with Crippen molar-refractivity contribution in [2.45, 2.75) is 0 Å². The summed E-state index contributed by atoms with van der Waals surface area (Å²) in [6.07, 6.45) is 1.04. The molecule has 30 heavy (non-hydrogen) atoms. The number of hydrogen-bond donors (Lipinski definition) is 1. The lowest BCUT2D eigenvalue weighted by Gasteiger charge is -2.26. The van der Waals surface area contributed by atoms with Gasteiger partial charge in [0.05, 0.1) is 36.5 Å². The third-order valence-electron chi connectivity index (χ3n) is 4.20. The van der Waals surface area contributed by atoms with Gasteiger partial charge in [-0.2, -0.15) is 0 Å². The fourth-order valence-corrected chi connectivity index (χ4v) is 3.21. The molecule has 1 heterocycles. The number of anilines is 1. The lowest BCUT2D eigenvalue weighted by atomic mass is 10.0. The first kappa shape index (κ1) is 21.0. The SMILES string of the molecule is COc1cc(/C=C2/C(=O)NC(=O)N(c3cccc(Br)c3)C2=O)c([N+](=O)[O-])cc1OC. The number of nitrogens with zero attached hydrogens (tertiary/aromatic N) is 2. The van der Waals surface area contributed by atoms with Gasteiger partial charge in [0.2, 0.25) is 0 Å². The van der Waals surface area contributed by atoms with E-state index in [1.807, 2.05) is 0 Å². The van der Waals surface area contributed by atoms with Crippen molar-refractivity contribution in [1.82, 2.24) is 5.32 Å². The maximum atomic E-state index is 13.0. The molecule has 1 N–H and O–H groups in total. The molecule has 0 unspecified atom stereocenters. The van der Waals surface area contributed by atoms with E-state index in [4.69, 9.17) is 9.47 Å². The lowest BCUT2D eigenvalue weighted by Crippen LogP contribution is -2.54. The number of nitro groups is 1. The average molecular weight is 476 g/mol. The molecule has 1 aliphatic rings. The molecule has 1 saturated heterocycles. The molecule has 3 rings (SSSR count). The van der Waals surface area contributed by atoms with Crippen LogP contribution in [0.4, 0.5) is 16.2 Å². The van der Waals surface area contributed by atoms with Gasteiger partial charge in [-0.1, -0.05) is 22.0 Å². The number of halogens is 1. The molecule has 10 nitrogen and oxygen atoms in total. The van der Waals surface area contributed by atoms with E-state index in [0.29, 0.717) is 4.47 Å². The van der Waals surface area contributed by atoms with E-state index in [0.717, 1.165) is 17.0 Å². The largest absolute Gasteiger partial charge is 0.493 e. The Labute approximate surface area is 178 Å². The molecule has 1 aliphatic heterocycles. The Balaban J connectivity index is 2.14. The first-order valence-electron chi connectivity index (χ1n) is 8.34. The number of imide groups is 2. The van der Waals surface area contributed by atoms with E-state index >= 15 is 0 Å². The van der Waals surface area contributed by atoms with Crippen LogP contribution in [0.5, 0.6) is 11.5 Å². The van der Waals surface area contributed by atoms with Crippen molar-refractivity contribution in [1.29, 1.82) is 0 Å². The summed E-state index contributed by atoms with van der Waals surface area (Å²) in [7, 11) is 2.66. The first-order chi connectivity index (χ1) is 14.3. The van der Waals surface area contributed by atoms with Crippen LogP contribution in [0.3, 0.4) is 0 Å². The number of barbiturate groups is 1. The van der Waals surface area contributed by atoms with E-state index in [1.54, 1.807) is 12.1 Å². The van der Waals surface area contributed by atoms with Gasteiger partial charge in [-0.15, -0.1) is 0 Å². The number of carbonyl (C=O) groups excluding carboxylic acids is 3. The summed E-state index contributed by atoms with van der Waals surface area (Å²) < 4.78 is 10.8. The van der Waals surface area contributed by atoms with Crippen LogP contribution in [-0.2, 0) is 9.59 Å².